The van der Waals surface area contributed by atoms with Gasteiger partial charge in [0.15, 0.2) is 6.61 Å². The molecule has 1 amide bonds. The quantitative estimate of drug-likeness (QED) is 0.404. The van der Waals surface area contributed by atoms with E-state index < -0.39 is 28.5 Å². The van der Waals surface area contributed by atoms with Gasteiger partial charge in [0, 0.05) is 11.4 Å². The summed E-state index contributed by atoms with van der Waals surface area (Å²) in [5.74, 6) is -1.44. The number of carbonyl (C=O) groups excluding carboxylic acids is 2. The Kier molecular flexibility index (Phi) is 7.43. The third kappa shape index (κ3) is 6.18. The SMILES string of the molecule is Cc1cccc(NS(=O)(=O)c2cccc(C(=O)OCC(=O)N(CC#N)c3ccccc3)c2)c1. The largest absolute Gasteiger partial charge is 0.452 e. The number of nitrogens with one attached hydrogen (secondary N) is 1. The second kappa shape index (κ2) is 10.4. The van der Waals surface area contributed by atoms with Crippen LogP contribution in [0, 0.1) is 18.3 Å². The summed E-state index contributed by atoms with van der Waals surface area (Å²) in [5, 5.41) is 9.02. The van der Waals surface area contributed by atoms with Gasteiger partial charge in [-0.05, 0) is 55.0 Å². The summed E-state index contributed by atoms with van der Waals surface area (Å²) < 4.78 is 33.0. The zero-order valence-electron chi connectivity index (χ0n) is 17.8. The second-order valence-corrected chi connectivity index (χ2v) is 8.73. The summed E-state index contributed by atoms with van der Waals surface area (Å²) in [5.41, 5.74) is 1.75. The number of rotatable bonds is 8. The molecule has 3 rings (SSSR count). The lowest BCUT2D eigenvalue weighted by molar-refractivity contribution is -0.121. The number of hydrogen-bond acceptors (Lipinski definition) is 6. The molecule has 0 unspecified atom stereocenters. The van der Waals surface area contributed by atoms with Crippen LogP contribution in [0.3, 0.4) is 0 Å². The van der Waals surface area contributed by atoms with Gasteiger partial charge in [0.05, 0.1) is 16.5 Å². The Morgan fingerprint density at radius 2 is 1.73 bits per heavy atom. The van der Waals surface area contributed by atoms with Gasteiger partial charge in [-0.15, -0.1) is 0 Å². The van der Waals surface area contributed by atoms with E-state index >= 15 is 0 Å². The predicted molar refractivity (Wildman–Crippen MR) is 123 cm³/mol. The van der Waals surface area contributed by atoms with Gasteiger partial charge in [0.2, 0.25) is 0 Å². The highest BCUT2D eigenvalue weighted by atomic mass is 32.2. The first kappa shape index (κ1) is 23.5. The first-order valence-corrected chi connectivity index (χ1v) is 11.4. The maximum absolute atomic E-state index is 12.7. The number of benzene rings is 3. The fourth-order valence-corrected chi connectivity index (χ4v) is 4.10. The highest BCUT2D eigenvalue weighted by Crippen LogP contribution is 2.19. The molecule has 0 saturated heterocycles. The molecule has 0 saturated carbocycles. The standard InChI is InChI=1S/C24H21N3O5S/c1-18-7-5-9-20(15-18)26-33(30,31)22-12-6-8-19(16-22)24(29)32-17-23(28)27(14-13-25)21-10-3-2-4-11-21/h2-12,15-16,26H,14,17H2,1H3. The van der Waals surface area contributed by atoms with E-state index in [1.165, 1.54) is 29.2 Å². The van der Waals surface area contributed by atoms with E-state index in [2.05, 4.69) is 4.72 Å². The monoisotopic (exact) mass is 463 g/mol. The van der Waals surface area contributed by atoms with Crippen molar-refractivity contribution in [3.63, 3.8) is 0 Å². The number of esters is 1. The first-order chi connectivity index (χ1) is 15.8. The molecule has 168 valence electrons. The molecule has 0 aliphatic rings. The van der Waals surface area contributed by atoms with Crippen LogP contribution >= 0.6 is 0 Å². The molecule has 0 aliphatic carbocycles. The molecule has 0 atom stereocenters. The van der Waals surface area contributed by atoms with Crippen molar-refractivity contribution < 1.29 is 22.7 Å². The Hall–Kier alpha value is -4.16. The van der Waals surface area contributed by atoms with E-state index in [1.54, 1.807) is 48.5 Å². The molecule has 0 fully saturated rings. The number of anilines is 2. The number of para-hydroxylation sites is 1. The third-order valence-corrected chi connectivity index (χ3v) is 5.95. The highest BCUT2D eigenvalue weighted by Gasteiger charge is 2.20. The minimum Gasteiger partial charge on any atom is -0.452 e. The summed E-state index contributed by atoms with van der Waals surface area (Å²) >= 11 is 0. The Balaban J connectivity index is 1.70. The number of amides is 1. The number of aryl methyl sites for hydroxylation is 1. The Labute approximate surface area is 192 Å². The Morgan fingerprint density at radius 3 is 2.42 bits per heavy atom. The summed E-state index contributed by atoms with van der Waals surface area (Å²) in [6, 6.07) is 22.6. The fourth-order valence-electron chi connectivity index (χ4n) is 3.00. The molecule has 8 nitrogen and oxygen atoms in total. The van der Waals surface area contributed by atoms with Crippen LogP contribution < -0.4 is 9.62 Å². The van der Waals surface area contributed by atoms with Gasteiger partial charge in [-0.25, -0.2) is 13.2 Å². The van der Waals surface area contributed by atoms with Crippen molar-refractivity contribution in [2.75, 3.05) is 22.8 Å². The molecule has 1 N–H and O–H groups in total. The summed E-state index contributed by atoms with van der Waals surface area (Å²) in [7, 11) is -3.94. The Bertz CT molecular complexity index is 1300. The minimum atomic E-state index is -3.94. The highest BCUT2D eigenvalue weighted by molar-refractivity contribution is 7.92. The zero-order chi connectivity index (χ0) is 23.8. The number of sulfonamides is 1. The number of ether oxygens (including phenoxy) is 1. The average molecular weight is 464 g/mol. The van der Waals surface area contributed by atoms with Crippen molar-refractivity contribution in [1.82, 2.24) is 0 Å². The van der Waals surface area contributed by atoms with Crippen LogP contribution in [0.4, 0.5) is 11.4 Å². The molecular weight excluding hydrogens is 442 g/mol. The van der Waals surface area contributed by atoms with Crippen molar-refractivity contribution in [1.29, 1.82) is 5.26 Å². The van der Waals surface area contributed by atoms with Crippen molar-refractivity contribution >= 4 is 33.3 Å². The van der Waals surface area contributed by atoms with E-state index in [9.17, 15) is 18.0 Å². The van der Waals surface area contributed by atoms with E-state index in [0.717, 1.165) is 5.56 Å². The molecule has 0 spiro atoms. The summed E-state index contributed by atoms with van der Waals surface area (Å²) in [4.78, 5) is 26.1. The molecular formula is C24H21N3O5S. The van der Waals surface area contributed by atoms with Gasteiger partial charge < -0.3 is 4.74 Å². The van der Waals surface area contributed by atoms with E-state index in [-0.39, 0.29) is 17.0 Å². The fraction of sp³-hybridized carbons (Fsp3) is 0.125. The van der Waals surface area contributed by atoms with Crippen LogP contribution in [0.2, 0.25) is 0 Å². The van der Waals surface area contributed by atoms with E-state index in [0.29, 0.717) is 11.4 Å². The molecule has 0 aliphatic heterocycles. The minimum absolute atomic E-state index is 0.0264. The smallest absolute Gasteiger partial charge is 0.338 e. The lowest BCUT2D eigenvalue weighted by Gasteiger charge is -2.19. The maximum atomic E-state index is 12.7. The Morgan fingerprint density at radius 1 is 1.00 bits per heavy atom. The van der Waals surface area contributed by atoms with Crippen LogP contribution in [-0.2, 0) is 19.6 Å². The molecule has 33 heavy (non-hydrogen) atoms. The van der Waals surface area contributed by atoms with Crippen molar-refractivity contribution in [3.8, 4) is 6.07 Å². The molecule has 0 bridgehead atoms. The van der Waals surface area contributed by atoms with Gasteiger partial charge in [-0.3, -0.25) is 14.4 Å². The first-order valence-electron chi connectivity index (χ1n) is 9.89. The number of nitriles is 1. The normalized spacial score (nSPS) is 10.7. The topological polar surface area (TPSA) is 117 Å². The van der Waals surface area contributed by atoms with Gasteiger partial charge in [-0.1, -0.05) is 36.4 Å². The van der Waals surface area contributed by atoms with Gasteiger partial charge in [0.25, 0.3) is 15.9 Å². The van der Waals surface area contributed by atoms with Crippen LogP contribution in [-0.4, -0.2) is 33.4 Å². The zero-order valence-corrected chi connectivity index (χ0v) is 18.6. The lowest BCUT2D eigenvalue weighted by Crippen LogP contribution is -2.35. The van der Waals surface area contributed by atoms with E-state index in [1.807, 2.05) is 19.1 Å². The lowest BCUT2D eigenvalue weighted by atomic mass is 10.2. The van der Waals surface area contributed by atoms with Crippen LogP contribution in [0.1, 0.15) is 15.9 Å². The molecule has 0 aromatic heterocycles. The predicted octanol–water partition coefficient (Wildman–Crippen LogP) is 3.51. The molecule has 0 heterocycles. The molecule has 9 heteroatoms. The third-order valence-electron chi connectivity index (χ3n) is 4.57. The molecule has 3 aromatic rings. The van der Waals surface area contributed by atoms with Crippen molar-refractivity contribution in [3.05, 3.63) is 90.0 Å². The number of carbonyl (C=O) groups is 2. The molecule has 0 radical (unpaired) electrons. The number of hydrogen-bond donors (Lipinski definition) is 1. The summed E-state index contributed by atoms with van der Waals surface area (Å²) in [6.07, 6.45) is 0. The second-order valence-electron chi connectivity index (χ2n) is 7.05. The maximum Gasteiger partial charge on any atom is 0.338 e. The number of nitrogens with zero attached hydrogens (tertiary/aromatic N) is 2. The average Bonchev–Trinajstić information content (AvgIpc) is 2.81. The van der Waals surface area contributed by atoms with Gasteiger partial charge in [0.1, 0.15) is 6.54 Å². The van der Waals surface area contributed by atoms with Crippen molar-refractivity contribution in [2.24, 2.45) is 0 Å². The van der Waals surface area contributed by atoms with Crippen LogP contribution in [0.15, 0.2) is 83.8 Å². The van der Waals surface area contributed by atoms with Crippen LogP contribution in [0.25, 0.3) is 0 Å². The van der Waals surface area contributed by atoms with Crippen molar-refractivity contribution in [2.45, 2.75) is 11.8 Å². The molecule has 3 aromatic carbocycles. The van der Waals surface area contributed by atoms with Gasteiger partial charge in [-0.2, -0.15) is 5.26 Å². The van der Waals surface area contributed by atoms with Gasteiger partial charge >= 0.3 is 5.97 Å². The summed E-state index contributed by atoms with van der Waals surface area (Å²) in [6.45, 7) is 1.03. The van der Waals surface area contributed by atoms with Crippen LogP contribution in [0.5, 0.6) is 0 Å². The van der Waals surface area contributed by atoms with E-state index in [4.69, 9.17) is 10.00 Å².